The van der Waals surface area contributed by atoms with Crippen LogP contribution >= 0.6 is 0 Å². The highest BCUT2D eigenvalue weighted by Gasteiger charge is 2.42. The fourth-order valence-corrected chi connectivity index (χ4v) is 4.17. The normalized spacial score (nSPS) is 20.2. The number of nitrogens with zero attached hydrogens (tertiary/aromatic N) is 1. The van der Waals surface area contributed by atoms with E-state index in [1.165, 1.54) is 0 Å². The van der Waals surface area contributed by atoms with E-state index in [4.69, 9.17) is 4.43 Å². The first-order valence-electron chi connectivity index (χ1n) is 9.33. The van der Waals surface area contributed by atoms with E-state index in [1.807, 2.05) is 41.3 Å². The van der Waals surface area contributed by atoms with Crippen molar-refractivity contribution in [3.63, 3.8) is 0 Å². The van der Waals surface area contributed by atoms with E-state index in [0.29, 0.717) is 0 Å². The lowest BCUT2D eigenvalue weighted by Gasteiger charge is -2.42. The summed E-state index contributed by atoms with van der Waals surface area (Å²) in [6, 6.07) is 10.1. The molecule has 1 amide bonds. The van der Waals surface area contributed by atoms with Gasteiger partial charge in [-0.15, -0.1) is 6.58 Å². The zero-order chi connectivity index (χ0) is 18.7. The van der Waals surface area contributed by atoms with Gasteiger partial charge in [-0.05, 0) is 43.0 Å². The van der Waals surface area contributed by atoms with Crippen LogP contribution in [-0.2, 0) is 9.22 Å². The average molecular weight is 360 g/mol. The second-order valence-electron chi connectivity index (χ2n) is 8.50. The Balaban J connectivity index is 2.35. The van der Waals surface area contributed by atoms with Gasteiger partial charge < -0.3 is 9.33 Å². The van der Waals surface area contributed by atoms with Gasteiger partial charge in [0.1, 0.15) is 0 Å². The molecule has 138 valence electrons. The zero-order valence-corrected chi connectivity index (χ0v) is 17.4. The molecule has 1 aromatic rings. The number of carbonyl (C=O) groups is 1. The fourth-order valence-electron chi connectivity index (χ4n) is 2.99. The molecule has 0 aliphatic carbocycles. The van der Waals surface area contributed by atoms with Crippen LogP contribution in [0.15, 0.2) is 43.0 Å². The van der Waals surface area contributed by atoms with Crippen LogP contribution in [0.4, 0.5) is 0 Å². The Morgan fingerprint density at radius 1 is 1.28 bits per heavy atom. The van der Waals surface area contributed by atoms with Crippen molar-refractivity contribution in [1.29, 1.82) is 0 Å². The van der Waals surface area contributed by atoms with Crippen molar-refractivity contribution < 1.29 is 9.22 Å². The van der Waals surface area contributed by atoms with E-state index in [-0.39, 0.29) is 17.0 Å². The Kier molecular flexibility index (Phi) is 6.28. The summed E-state index contributed by atoms with van der Waals surface area (Å²) in [5.74, 6) is 0.0839. The van der Waals surface area contributed by atoms with Crippen LogP contribution in [0.2, 0.25) is 18.1 Å². The molecule has 25 heavy (non-hydrogen) atoms. The summed E-state index contributed by atoms with van der Waals surface area (Å²) in [5, 5.41) is 0.0556. The van der Waals surface area contributed by atoms with Crippen molar-refractivity contribution in [3.05, 3.63) is 48.6 Å². The molecule has 0 radical (unpaired) electrons. The van der Waals surface area contributed by atoms with E-state index >= 15 is 0 Å². The van der Waals surface area contributed by atoms with E-state index < -0.39 is 14.4 Å². The number of hydrogen-bond acceptors (Lipinski definition) is 2. The van der Waals surface area contributed by atoms with E-state index in [2.05, 4.69) is 40.4 Å². The molecular weight excluding hydrogens is 326 g/mol. The van der Waals surface area contributed by atoms with Crippen LogP contribution in [0.25, 0.3) is 0 Å². The summed E-state index contributed by atoms with van der Waals surface area (Å²) in [4.78, 5) is 15.4. The summed E-state index contributed by atoms with van der Waals surface area (Å²) in [5.41, 5.74) is 0.950. The number of benzene rings is 1. The lowest BCUT2D eigenvalue weighted by molar-refractivity contribution is -0.142. The highest BCUT2D eigenvalue weighted by molar-refractivity contribution is 6.74. The van der Waals surface area contributed by atoms with Gasteiger partial charge >= 0.3 is 0 Å². The van der Waals surface area contributed by atoms with Crippen LogP contribution in [0.3, 0.4) is 0 Å². The van der Waals surface area contributed by atoms with Gasteiger partial charge in [-0.1, -0.05) is 57.2 Å². The lowest BCUT2D eigenvalue weighted by Crippen LogP contribution is -2.49. The molecule has 2 rings (SSSR count). The van der Waals surface area contributed by atoms with E-state index in [1.54, 1.807) is 0 Å². The third kappa shape index (κ3) is 4.62. The summed E-state index contributed by atoms with van der Waals surface area (Å²) in [6.45, 7) is 15.8. The van der Waals surface area contributed by atoms with Crippen molar-refractivity contribution in [2.75, 3.05) is 6.54 Å². The van der Waals surface area contributed by atoms with Crippen molar-refractivity contribution in [2.45, 2.75) is 70.3 Å². The molecule has 0 N–H and O–H groups in total. The third-order valence-electron chi connectivity index (χ3n) is 5.65. The van der Waals surface area contributed by atoms with Gasteiger partial charge in [-0.2, -0.15) is 0 Å². The highest BCUT2D eigenvalue weighted by atomic mass is 28.4. The first-order chi connectivity index (χ1) is 11.7. The number of rotatable bonds is 5. The Morgan fingerprint density at radius 2 is 1.92 bits per heavy atom. The van der Waals surface area contributed by atoms with Crippen LogP contribution in [0, 0.1) is 0 Å². The molecular formula is C21H33NO2Si. The Bertz CT molecular complexity index is 592. The SMILES string of the molecule is C=CC1CCCCN1C(=O)C(O[Si](C)(C)C(C)(C)C)c1ccccc1. The Hall–Kier alpha value is -1.39. The molecule has 2 unspecified atom stereocenters. The van der Waals surface area contributed by atoms with Crippen molar-refractivity contribution in [1.82, 2.24) is 4.90 Å². The first-order valence-corrected chi connectivity index (χ1v) is 12.2. The van der Waals surface area contributed by atoms with Gasteiger partial charge in [0, 0.05) is 12.6 Å². The van der Waals surface area contributed by atoms with Gasteiger partial charge in [0.2, 0.25) is 0 Å². The third-order valence-corrected chi connectivity index (χ3v) is 10.1. The fraction of sp³-hybridized carbons (Fsp3) is 0.571. The molecule has 0 spiro atoms. The van der Waals surface area contributed by atoms with Gasteiger partial charge in [0.05, 0.1) is 0 Å². The minimum Gasteiger partial charge on any atom is -0.402 e. The van der Waals surface area contributed by atoms with Gasteiger partial charge in [-0.25, -0.2) is 0 Å². The highest BCUT2D eigenvalue weighted by Crippen LogP contribution is 2.40. The number of likely N-dealkylation sites (tertiary alicyclic amines) is 1. The molecule has 1 aromatic carbocycles. The van der Waals surface area contributed by atoms with Crippen LogP contribution < -0.4 is 0 Å². The maximum atomic E-state index is 13.4. The quantitative estimate of drug-likeness (QED) is 0.526. The monoisotopic (exact) mass is 359 g/mol. The molecule has 0 aromatic heterocycles. The molecule has 4 heteroatoms. The zero-order valence-electron chi connectivity index (χ0n) is 16.4. The van der Waals surface area contributed by atoms with Crippen molar-refractivity contribution in [3.8, 4) is 0 Å². The van der Waals surface area contributed by atoms with Gasteiger partial charge in [0.15, 0.2) is 14.4 Å². The number of piperidine rings is 1. The summed E-state index contributed by atoms with van der Waals surface area (Å²) in [6.07, 6.45) is 4.59. The molecule has 1 fully saturated rings. The molecule has 0 saturated carbocycles. The Morgan fingerprint density at radius 3 is 2.48 bits per heavy atom. The van der Waals surface area contributed by atoms with E-state index in [0.717, 1.165) is 31.4 Å². The molecule has 0 bridgehead atoms. The topological polar surface area (TPSA) is 29.5 Å². The predicted molar refractivity (Wildman–Crippen MR) is 107 cm³/mol. The second kappa shape index (κ2) is 7.88. The van der Waals surface area contributed by atoms with Gasteiger partial charge in [-0.3, -0.25) is 4.79 Å². The van der Waals surface area contributed by atoms with Crippen LogP contribution in [-0.4, -0.2) is 31.7 Å². The molecule has 1 heterocycles. The summed E-state index contributed by atoms with van der Waals surface area (Å²) in [7, 11) is -2.08. The molecule has 3 nitrogen and oxygen atoms in total. The van der Waals surface area contributed by atoms with Crippen LogP contribution in [0.1, 0.15) is 51.7 Å². The summed E-state index contributed by atoms with van der Waals surface area (Å²) >= 11 is 0. The molecule has 1 aliphatic rings. The maximum absolute atomic E-state index is 13.4. The maximum Gasteiger partial charge on any atom is 0.255 e. The minimum atomic E-state index is -2.08. The number of carbonyl (C=O) groups excluding carboxylic acids is 1. The lowest BCUT2D eigenvalue weighted by atomic mass is 10.00. The smallest absolute Gasteiger partial charge is 0.255 e. The second-order valence-corrected chi connectivity index (χ2v) is 13.3. The standard InChI is InChI=1S/C21H33NO2Si/c1-7-18-15-11-12-16-22(18)20(23)19(17-13-9-8-10-14-17)24-25(5,6)21(2,3)4/h7-10,13-14,18-19H,1,11-12,15-16H2,2-6H3. The predicted octanol–water partition coefficient (Wildman–Crippen LogP) is 5.32. The number of hydrogen-bond donors (Lipinski definition) is 0. The first kappa shape index (κ1) is 19.9. The van der Waals surface area contributed by atoms with Crippen LogP contribution in [0.5, 0.6) is 0 Å². The minimum absolute atomic E-state index is 0.0556. The average Bonchev–Trinajstić information content (AvgIpc) is 2.59. The van der Waals surface area contributed by atoms with Gasteiger partial charge in [0.25, 0.3) is 5.91 Å². The molecule has 2 atom stereocenters. The van der Waals surface area contributed by atoms with Crippen molar-refractivity contribution in [2.24, 2.45) is 0 Å². The van der Waals surface area contributed by atoms with E-state index in [9.17, 15) is 4.79 Å². The summed E-state index contributed by atoms with van der Waals surface area (Å²) < 4.78 is 6.61. The molecule has 1 saturated heterocycles. The van der Waals surface area contributed by atoms with Crippen molar-refractivity contribution >= 4 is 14.2 Å². The number of amides is 1. The Labute approximate surface area is 154 Å². The largest absolute Gasteiger partial charge is 0.402 e. The molecule has 1 aliphatic heterocycles.